The highest BCUT2D eigenvalue weighted by molar-refractivity contribution is 6.30. The highest BCUT2D eigenvalue weighted by atomic mass is 35.5. The quantitative estimate of drug-likeness (QED) is 0.706. The monoisotopic (exact) mass is 288 g/mol. The fourth-order valence-electron chi connectivity index (χ4n) is 2.18. The third-order valence-electron chi connectivity index (χ3n) is 3.19. The van der Waals surface area contributed by atoms with Crippen molar-refractivity contribution in [1.29, 1.82) is 0 Å². The molecule has 20 heavy (non-hydrogen) atoms. The molecule has 0 aromatic heterocycles. The van der Waals surface area contributed by atoms with Gasteiger partial charge in [-0.2, -0.15) is 0 Å². The topological polar surface area (TPSA) is 26.3 Å². The van der Waals surface area contributed by atoms with Crippen LogP contribution in [-0.4, -0.2) is 6.29 Å². The first-order valence-electron chi connectivity index (χ1n) is 6.54. The smallest absolute Gasteiger partial charge is 0.153 e. The lowest BCUT2D eigenvalue weighted by molar-refractivity contribution is 0.112. The van der Waals surface area contributed by atoms with Crippen LogP contribution in [0.25, 0.3) is 0 Å². The molecule has 3 heteroatoms. The summed E-state index contributed by atoms with van der Waals surface area (Å²) in [7, 11) is 0. The molecule has 0 aliphatic rings. The number of benzene rings is 2. The molecule has 0 spiro atoms. The van der Waals surface area contributed by atoms with Gasteiger partial charge in [-0.25, -0.2) is 0 Å². The van der Waals surface area contributed by atoms with Gasteiger partial charge in [0.05, 0.1) is 5.56 Å². The lowest BCUT2D eigenvalue weighted by Crippen LogP contribution is -1.94. The molecule has 2 nitrogen and oxygen atoms in total. The van der Waals surface area contributed by atoms with E-state index in [-0.39, 0.29) is 0 Å². The van der Waals surface area contributed by atoms with Gasteiger partial charge in [-0.3, -0.25) is 4.79 Å². The maximum atomic E-state index is 11.0. The van der Waals surface area contributed by atoms with E-state index in [0.29, 0.717) is 28.0 Å². The van der Waals surface area contributed by atoms with E-state index in [1.54, 1.807) is 18.2 Å². The van der Waals surface area contributed by atoms with Gasteiger partial charge in [0, 0.05) is 11.1 Å². The van der Waals surface area contributed by atoms with Crippen LogP contribution in [0.15, 0.2) is 36.4 Å². The zero-order valence-corrected chi connectivity index (χ0v) is 12.6. The number of rotatable bonds is 4. The molecule has 0 aliphatic carbocycles. The minimum atomic E-state index is 0.473. The third kappa shape index (κ3) is 3.20. The first kappa shape index (κ1) is 14.6. The highest BCUT2D eigenvalue weighted by Gasteiger charge is 2.08. The van der Waals surface area contributed by atoms with Gasteiger partial charge in [0.2, 0.25) is 0 Å². The van der Waals surface area contributed by atoms with Gasteiger partial charge >= 0.3 is 0 Å². The van der Waals surface area contributed by atoms with E-state index in [2.05, 4.69) is 26.8 Å². The average molecular weight is 289 g/mol. The molecule has 2 aromatic rings. The molecule has 0 saturated heterocycles. The van der Waals surface area contributed by atoms with Crippen LogP contribution in [0.3, 0.4) is 0 Å². The summed E-state index contributed by atoms with van der Waals surface area (Å²) in [6.45, 7) is 6.37. The lowest BCUT2D eigenvalue weighted by Gasteiger charge is -2.13. The van der Waals surface area contributed by atoms with Gasteiger partial charge in [0.15, 0.2) is 6.29 Å². The fourth-order valence-corrected chi connectivity index (χ4v) is 2.34. The number of carbonyl (C=O) groups is 1. The summed E-state index contributed by atoms with van der Waals surface area (Å²) in [6.07, 6.45) is 0.765. The van der Waals surface area contributed by atoms with Crippen LogP contribution in [0.1, 0.15) is 41.3 Å². The van der Waals surface area contributed by atoms with Crippen molar-refractivity contribution in [3.05, 3.63) is 58.1 Å². The molecule has 0 bridgehead atoms. The van der Waals surface area contributed by atoms with E-state index in [1.807, 2.05) is 12.1 Å². The summed E-state index contributed by atoms with van der Waals surface area (Å²) in [5, 5.41) is 0.543. The SMILES string of the molecule is Cc1cc(Oc2cc(Cl)ccc2C=O)ccc1C(C)C. The summed E-state index contributed by atoms with van der Waals surface area (Å²) < 4.78 is 5.78. The first-order valence-corrected chi connectivity index (χ1v) is 6.92. The second-order valence-corrected chi connectivity index (χ2v) is 5.51. The van der Waals surface area contributed by atoms with Crippen molar-refractivity contribution in [2.45, 2.75) is 26.7 Å². The molecule has 0 heterocycles. The van der Waals surface area contributed by atoms with Gasteiger partial charge in [-0.05, 0) is 48.2 Å². The Kier molecular flexibility index (Phi) is 4.46. The van der Waals surface area contributed by atoms with Crippen molar-refractivity contribution in [1.82, 2.24) is 0 Å². The number of carbonyl (C=O) groups excluding carboxylic acids is 1. The molecule has 0 atom stereocenters. The predicted molar refractivity (Wildman–Crippen MR) is 82.2 cm³/mol. The van der Waals surface area contributed by atoms with E-state index in [9.17, 15) is 4.79 Å². The molecule has 0 fully saturated rings. The van der Waals surface area contributed by atoms with E-state index in [0.717, 1.165) is 6.29 Å². The van der Waals surface area contributed by atoms with Gasteiger partial charge in [-0.1, -0.05) is 31.5 Å². The van der Waals surface area contributed by atoms with Crippen LogP contribution in [-0.2, 0) is 0 Å². The van der Waals surface area contributed by atoms with Gasteiger partial charge in [0.1, 0.15) is 11.5 Å². The zero-order valence-electron chi connectivity index (χ0n) is 11.8. The number of hydrogen-bond acceptors (Lipinski definition) is 2. The predicted octanol–water partition coefficient (Wildman–Crippen LogP) is 5.38. The van der Waals surface area contributed by atoms with Crippen molar-refractivity contribution in [2.75, 3.05) is 0 Å². The van der Waals surface area contributed by atoms with Crippen LogP contribution in [0, 0.1) is 6.92 Å². The molecule has 2 aromatic carbocycles. The molecule has 0 N–H and O–H groups in total. The van der Waals surface area contributed by atoms with E-state index in [4.69, 9.17) is 16.3 Å². The molecule has 0 saturated carbocycles. The minimum absolute atomic E-state index is 0.473. The zero-order chi connectivity index (χ0) is 14.7. The standard InChI is InChI=1S/C17H17ClO2/c1-11(2)16-7-6-15(8-12(16)3)20-17-9-14(18)5-4-13(17)10-19/h4-11H,1-3H3. The number of ether oxygens (including phenoxy) is 1. The van der Waals surface area contributed by atoms with Crippen molar-refractivity contribution in [2.24, 2.45) is 0 Å². The Morgan fingerprint density at radius 1 is 1.15 bits per heavy atom. The molecular weight excluding hydrogens is 272 g/mol. The highest BCUT2D eigenvalue weighted by Crippen LogP contribution is 2.30. The average Bonchev–Trinajstić information content (AvgIpc) is 2.38. The number of halogens is 1. The largest absolute Gasteiger partial charge is 0.457 e. The molecule has 0 aliphatic heterocycles. The van der Waals surface area contributed by atoms with Gasteiger partial charge in [0.25, 0.3) is 0 Å². The van der Waals surface area contributed by atoms with E-state index >= 15 is 0 Å². The Hall–Kier alpha value is -1.80. The van der Waals surface area contributed by atoms with Crippen molar-refractivity contribution in [3.63, 3.8) is 0 Å². The number of aldehydes is 1. The Morgan fingerprint density at radius 2 is 1.90 bits per heavy atom. The molecule has 104 valence electrons. The van der Waals surface area contributed by atoms with Gasteiger partial charge < -0.3 is 4.74 Å². The second kappa shape index (κ2) is 6.10. The Morgan fingerprint density at radius 3 is 2.50 bits per heavy atom. The van der Waals surface area contributed by atoms with Crippen LogP contribution in [0.2, 0.25) is 5.02 Å². The molecule has 2 rings (SSSR count). The van der Waals surface area contributed by atoms with Crippen molar-refractivity contribution in [3.8, 4) is 11.5 Å². The molecule has 0 radical (unpaired) electrons. The van der Waals surface area contributed by atoms with Crippen LogP contribution < -0.4 is 4.74 Å². The second-order valence-electron chi connectivity index (χ2n) is 5.08. The van der Waals surface area contributed by atoms with Crippen molar-refractivity contribution >= 4 is 17.9 Å². The van der Waals surface area contributed by atoms with Crippen LogP contribution >= 0.6 is 11.6 Å². The maximum Gasteiger partial charge on any atom is 0.153 e. The molecule has 0 unspecified atom stereocenters. The van der Waals surface area contributed by atoms with Gasteiger partial charge in [-0.15, -0.1) is 0 Å². The van der Waals surface area contributed by atoms with Crippen LogP contribution in [0.4, 0.5) is 0 Å². The summed E-state index contributed by atoms with van der Waals surface area (Å²) in [4.78, 5) is 11.0. The normalized spacial score (nSPS) is 10.7. The summed E-state index contributed by atoms with van der Waals surface area (Å²) >= 11 is 5.94. The molecular formula is C17H17ClO2. The van der Waals surface area contributed by atoms with Crippen LogP contribution in [0.5, 0.6) is 11.5 Å². The van der Waals surface area contributed by atoms with E-state index < -0.39 is 0 Å². The summed E-state index contributed by atoms with van der Waals surface area (Å²) in [5.74, 6) is 1.65. The van der Waals surface area contributed by atoms with Crippen molar-refractivity contribution < 1.29 is 9.53 Å². The fraction of sp³-hybridized carbons (Fsp3) is 0.235. The maximum absolute atomic E-state index is 11.0. The number of hydrogen-bond donors (Lipinski definition) is 0. The summed E-state index contributed by atoms with van der Waals surface area (Å²) in [5.41, 5.74) is 2.95. The lowest BCUT2D eigenvalue weighted by atomic mass is 9.98. The Bertz CT molecular complexity index is 633. The van der Waals surface area contributed by atoms with E-state index in [1.165, 1.54) is 11.1 Å². The summed E-state index contributed by atoms with van der Waals surface area (Å²) in [6, 6.07) is 10.9. The minimum Gasteiger partial charge on any atom is -0.457 e. The Labute approximate surface area is 124 Å². The number of aryl methyl sites for hydroxylation is 1. The third-order valence-corrected chi connectivity index (χ3v) is 3.43. The Balaban J connectivity index is 2.33. The first-order chi connectivity index (χ1) is 9.51. The molecule has 0 amide bonds.